The van der Waals surface area contributed by atoms with Crippen LogP contribution in [0.4, 0.5) is 4.79 Å². The van der Waals surface area contributed by atoms with Crippen LogP contribution in [0.15, 0.2) is 24.3 Å². The second-order valence-corrected chi connectivity index (χ2v) is 9.07. The second kappa shape index (κ2) is 13.0. The monoisotopic (exact) mass is 499 g/mol. The van der Waals surface area contributed by atoms with Gasteiger partial charge in [0.15, 0.2) is 0 Å². The Balaban J connectivity index is 1.59. The Hall–Kier alpha value is -3.43. The van der Waals surface area contributed by atoms with Gasteiger partial charge in [-0.1, -0.05) is 12.2 Å². The largest absolute Gasteiger partial charge is 0.450 e. The van der Waals surface area contributed by atoms with Crippen LogP contribution in [0.5, 0.6) is 0 Å². The maximum Gasteiger partial charge on any atom is 0.409 e. The molecule has 0 aromatic carbocycles. The summed E-state index contributed by atoms with van der Waals surface area (Å²) in [5.74, 6) is -0.289. The normalized spacial score (nSPS) is 16.8. The lowest BCUT2D eigenvalue weighted by atomic mass is 9.89. The lowest BCUT2D eigenvalue weighted by Crippen LogP contribution is -2.51. The highest BCUT2D eigenvalue weighted by molar-refractivity contribution is 5.95. The summed E-state index contributed by atoms with van der Waals surface area (Å²) in [6.07, 6.45) is 4.87. The molecular weight excluding hydrogens is 462 g/mol. The molecule has 0 bridgehead atoms. The van der Waals surface area contributed by atoms with Crippen molar-refractivity contribution in [2.24, 2.45) is 0 Å². The van der Waals surface area contributed by atoms with Crippen LogP contribution in [0.1, 0.15) is 60.8 Å². The van der Waals surface area contributed by atoms with Crippen LogP contribution in [-0.4, -0.2) is 95.9 Å². The smallest absolute Gasteiger partial charge is 0.409 e. The molecule has 2 saturated heterocycles. The van der Waals surface area contributed by atoms with E-state index in [1.165, 1.54) is 0 Å². The molecule has 10 nitrogen and oxygen atoms in total. The summed E-state index contributed by atoms with van der Waals surface area (Å²) in [4.78, 5) is 59.6. The fourth-order valence-electron chi connectivity index (χ4n) is 4.53. The minimum Gasteiger partial charge on any atom is -0.450 e. The highest BCUT2D eigenvalue weighted by Crippen LogP contribution is 2.30. The first-order chi connectivity index (χ1) is 17.3. The van der Waals surface area contributed by atoms with Gasteiger partial charge in [0.1, 0.15) is 0 Å². The number of nitrogens with one attached hydrogen (secondary N) is 1. The number of ether oxygens (including phenoxy) is 1. The van der Waals surface area contributed by atoms with Crippen LogP contribution in [0.2, 0.25) is 0 Å². The third-order valence-electron chi connectivity index (χ3n) is 6.60. The number of amides is 4. The van der Waals surface area contributed by atoms with Crippen LogP contribution in [0.25, 0.3) is 0 Å². The lowest BCUT2D eigenvalue weighted by molar-refractivity contribution is -0.133. The van der Waals surface area contributed by atoms with E-state index in [0.29, 0.717) is 64.3 Å². The van der Waals surface area contributed by atoms with Crippen LogP contribution >= 0.6 is 0 Å². The zero-order chi connectivity index (χ0) is 26.1. The first-order valence-electron chi connectivity index (χ1n) is 12.7. The van der Waals surface area contributed by atoms with Crippen molar-refractivity contribution in [1.29, 1.82) is 0 Å². The topological polar surface area (TPSA) is 112 Å². The van der Waals surface area contributed by atoms with Gasteiger partial charge >= 0.3 is 6.09 Å². The molecule has 2 aliphatic heterocycles. The number of aryl methyl sites for hydroxylation is 1. The summed E-state index contributed by atoms with van der Waals surface area (Å²) < 4.78 is 5.06. The molecule has 0 unspecified atom stereocenters. The molecule has 36 heavy (non-hydrogen) atoms. The van der Waals surface area contributed by atoms with Crippen molar-refractivity contribution in [3.63, 3.8) is 0 Å². The summed E-state index contributed by atoms with van der Waals surface area (Å²) in [6, 6.07) is 3.69. The number of hydrogen-bond acceptors (Lipinski definition) is 6. The molecule has 0 radical (unpaired) electrons. The van der Waals surface area contributed by atoms with Gasteiger partial charge in [0.2, 0.25) is 11.8 Å². The van der Waals surface area contributed by atoms with Crippen molar-refractivity contribution in [2.75, 3.05) is 52.4 Å². The van der Waals surface area contributed by atoms with Crippen molar-refractivity contribution in [3.8, 4) is 0 Å². The van der Waals surface area contributed by atoms with E-state index in [1.807, 2.05) is 26.0 Å². The van der Waals surface area contributed by atoms with E-state index in [1.54, 1.807) is 33.8 Å². The van der Waals surface area contributed by atoms with E-state index in [4.69, 9.17) is 9.72 Å². The first-order valence-corrected chi connectivity index (χ1v) is 12.7. The number of piperazine rings is 1. The lowest BCUT2D eigenvalue weighted by Gasteiger charge is -2.35. The number of nitrogens with zero attached hydrogens (tertiary/aromatic N) is 4. The minimum absolute atomic E-state index is 0.00867. The molecule has 10 heteroatoms. The Morgan fingerprint density at radius 2 is 1.69 bits per heavy atom. The molecule has 0 atom stereocenters. The summed E-state index contributed by atoms with van der Waals surface area (Å²) >= 11 is 0. The molecule has 3 rings (SSSR count). The number of allylic oxidation sites excluding steroid dienone is 1. The SMILES string of the molecule is CC=CCC(=O)NCC(=O)N1CCC(c2nc(C)ccc2C(=O)N2CCN(C(=O)OCC)CC2)CC1. The maximum atomic E-state index is 13.4. The first kappa shape index (κ1) is 27.2. The van der Waals surface area contributed by atoms with Gasteiger partial charge in [0.25, 0.3) is 5.91 Å². The summed E-state index contributed by atoms with van der Waals surface area (Å²) in [5, 5.41) is 2.67. The zero-order valence-electron chi connectivity index (χ0n) is 21.5. The highest BCUT2D eigenvalue weighted by Gasteiger charge is 2.31. The van der Waals surface area contributed by atoms with Crippen LogP contribution in [0.3, 0.4) is 0 Å². The molecule has 0 spiro atoms. The van der Waals surface area contributed by atoms with Gasteiger partial charge in [-0.3, -0.25) is 19.4 Å². The molecule has 0 aliphatic carbocycles. The Morgan fingerprint density at radius 3 is 2.33 bits per heavy atom. The predicted octanol–water partition coefficient (Wildman–Crippen LogP) is 2.09. The molecule has 196 valence electrons. The number of likely N-dealkylation sites (tertiary alicyclic amines) is 1. The number of piperidine rings is 1. The molecule has 0 saturated carbocycles. The number of carbonyl (C=O) groups excluding carboxylic acids is 4. The van der Waals surface area contributed by atoms with Crippen molar-refractivity contribution in [3.05, 3.63) is 41.2 Å². The van der Waals surface area contributed by atoms with Gasteiger partial charge in [0, 0.05) is 57.3 Å². The van der Waals surface area contributed by atoms with Crippen molar-refractivity contribution in [2.45, 2.75) is 46.0 Å². The molecule has 2 fully saturated rings. The van der Waals surface area contributed by atoms with Gasteiger partial charge in [-0.2, -0.15) is 0 Å². The van der Waals surface area contributed by atoms with Crippen LogP contribution < -0.4 is 5.32 Å². The van der Waals surface area contributed by atoms with Crippen molar-refractivity contribution < 1.29 is 23.9 Å². The molecule has 1 N–H and O–H groups in total. The third-order valence-corrected chi connectivity index (χ3v) is 6.60. The number of carbonyl (C=O) groups is 4. The average Bonchev–Trinajstić information content (AvgIpc) is 2.90. The van der Waals surface area contributed by atoms with Gasteiger partial charge < -0.3 is 24.8 Å². The third kappa shape index (κ3) is 7.05. The van der Waals surface area contributed by atoms with Gasteiger partial charge in [-0.05, 0) is 45.7 Å². The summed E-state index contributed by atoms with van der Waals surface area (Å²) in [6.45, 7) is 8.70. The summed E-state index contributed by atoms with van der Waals surface area (Å²) in [5.41, 5.74) is 2.21. The Bertz CT molecular complexity index is 979. The molecular formula is C26H37N5O5. The van der Waals surface area contributed by atoms with E-state index in [0.717, 1.165) is 11.4 Å². The van der Waals surface area contributed by atoms with E-state index in [2.05, 4.69) is 5.32 Å². The van der Waals surface area contributed by atoms with Crippen molar-refractivity contribution in [1.82, 2.24) is 25.0 Å². The Morgan fingerprint density at radius 1 is 1.03 bits per heavy atom. The van der Waals surface area contributed by atoms with Gasteiger partial charge in [0.05, 0.1) is 24.4 Å². The fraction of sp³-hybridized carbons (Fsp3) is 0.577. The highest BCUT2D eigenvalue weighted by atomic mass is 16.6. The van der Waals surface area contributed by atoms with Crippen LogP contribution in [0, 0.1) is 6.92 Å². The average molecular weight is 500 g/mol. The maximum absolute atomic E-state index is 13.4. The summed E-state index contributed by atoms with van der Waals surface area (Å²) in [7, 11) is 0. The molecule has 4 amide bonds. The van der Waals surface area contributed by atoms with E-state index < -0.39 is 0 Å². The van der Waals surface area contributed by atoms with E-state index >= 15 is 0 Å². The van der Waals surface area contributed by atoms with E-state index in [-0.39, 0.29) is 42.7 Å². The number of aromatic nitrogens is 1. The second-order valence-electron chi connectivity index (χ2n) is 9.07. The number of pyridine rings is 1. The Labute approximate surface area is 212 Å². The predicted molar refractivity (Wildman–Crippen MR) is 134 cm³/mol. The van der Waals surface area contributed by atoms with E-state index in [9.17, 15) is 19.2 Å². The number of hydrogen-bond donors (Lipinski definition) is 1. The van der Waals surface area contributed by atoms with Gasteiger partial charge in [-0.25, -0.2) is 4.79 Å². The van der Waals surface area contributed by atoms with Crippen LogP contribution in [-0.2, 0) is 14.3 Å². The quantitative estimate of drug-likeness (QED) is 0.575. The number of rotatable bonds is 7. The standard InChI is InChI=1S/C26H37N5O5/c1-4-6-7-22(32)27-18-23(33)29-12-10-20(11-13-29)24-21(9-8-19(3)28-24)25(34)30-14-16-31(17-15-30)26(35)36-5-2/h4,6,8-9,20H,5,7,10-18H2,1-3H3,(H,27,32). The molecule has 2 aliphatic rings. The molecule has 1 aromatic rings. The fourth-order valence-corrected chi connectivity index (χ4v) is 4.53. The zero-order valence-corrected chi connectivity index (χ0v) is 21.5. The molecule has 1 aromatic heterocycles. The van der Waals surface area contributed by atoms with Crippen molar-refractivity contribution >= 4 is 23.8 Å². The van der Waals surface area contributed by atoms with Gasteiger partial charge in [-0.15, -0.1) is 0 Å². The molecule has 3 heterocycles. The Kier molecular flexibility index (Phi) is 9.84. The minimum atomic E-state index is -0.346.